The summed E-state index contributed by atoms with van der Waals surface area (Å²) in [5.74, 6) is 0. The smallest absolute Gasteiger partial charge is 0.262 e. The molecule has 0 radical (unpaired) electrons. The molecular weight excluding hydrogens is 284 g/mol. The van der Waals surface area contributed by atoms with Crippen LogP contribution in [0.2, 0.25) is 0 Å². The summed E-state index contributed by atoms with van der Waals surface area (Å²) in [6.07, 6.45) is 1.66. The van der Waals surface area contributed by atoms with E-state index in [4.69, 9.17) is 5.26 Å². The predicted molar refractivity (Wildman–Crippen MR) is 81.2 cm³/mol. The molecule has 0 N–H and O–H groups in total. The van der Waals surface area contributed by atoms with Gasteiger partial charge in [-0.2, -0.15) is 5.26 Å². The van der Waals surface area contributed by atoms with Crippen molar-refractivity contribution in [3.8, 4) is 6.07 Å². The summed E-state index contributed by atoms with van der Waals surface area (Å²) in [5.41, 5.74) is 1.14. The van der Waals surface area contributed by atoms with E-state index in [2.05, 4.69) is 16.0 Å². The van der Waals surface area contributed by atoms with Crippen LogP contribution in [0.15, 0.2) is 52.4 Å². The Hall–Kier alpha value is -2.78. The standard InChI is InChI=1S/C15H10N4OS/c1-19-14(20)12-3-2-8-17-13(12)21-15(19)18-11-6-4-10(9-16)5-7-11/h2-8H,1H3. The third-order valence-corrected chi connectivity index (χ3v) is 4.07. The molecule has 2 aromatic heterocycles. The van der Waals surface area contributed by atoms with E-state index in [1.807, 2.05) is 0 Å². The van der Waals surface area contributed by atoms with Gasteiger partial charge in [0.15, 0.2) is 4.80 Å². The zero-order valence-corrected chi connectivity index (χ0v) is 12.0. The van der Waals surface area contributed by atoms with Gasteiger partial charge >= 0.3 is 0 Å². The van der Waals surface area contributed by atoms with Gasteiger partial charge in [-0.1, -0.05) is 11.3 Å². The van der Waals surface area contributed by atoms with Crippen LogP contribution >= 0.6 is 11.3 Å². The van der Waals surface area contributed by atoms with E-state index >= 15 is 0 Å². The Balaban J connectivity index is 2.24. The maximum atomic E-state index is 12.3. The largest absolute Gasteiger partial charge is 0.287 e. The normalized spacial score (nSPS) is 11.5. The van der Waals surface area contributed by atoms with Crippen molar-refractivity contribution in [3.05, 3.63) is 63.3 Å². The lowest BCUT2D eigenvalue weighted by Crippen LogP contribution is -2.28. The highest BCUT2D eigenvalue weighted by Gasteiger charge is 2.04. The Labute approximate surface area is 124 Å². The summed E-state index contributed by atoms with van der Waals surface area (Å²) < 4.78 is 1.51. The third kappa shape index (κ3) is 2.47. The summed E-state index contributed by atoms with van der Waals surface area (Å²) in [7, 11) is 1.69. The second-order valence-corrected chi connectivity index (χ2v) is 5.33. The Bertz CT molecular complexity index is 977. The van der Waals surface area contributed by atoms with E-state index in [1.54, 1.807) is 49.6 Å². The second-order valence-electron chi connectivity index (χ2n) is 4.38. The van der Waals surface area contributed by atoms with Crippen LogP contribution in [-0.2, 0) is 7.05 Å². The van der Waals surface area contributed by atoms with Gasteiger partial charge in [-0.3, -0.25) is 9.36 Å². The Kier molecular flexibility index (Phi) is 3.34. The van der Waals surface area contributed by atoms with Gasteiger partial charge in [0.1, 0.15) is 4.83 Å². The maximum absolute atomic E-state index is 12.3. The first-order valence-electron chi connectivity index (χ1n) is 6.19. The minimum absolute atomic E-state index is 0.121. The number of aromatic nitrogens is 2. The monoisotopic (exact) mass is 294 g/mol. The minimum atomic E-state index is -0.121. The predicted octanol–water partition coefficient (Wildman–Crippen LogP) is 2.10. The number of fused-ring (bicyclic) bond motifs is 1. The highest BCUT2D eigenvalue weighted by Crippen LogP contribution is 2.13. The van der Waals surface area contributed by atoms with Gasteiger partial charge in [-0.15, -0.1) is 0 Å². The Morgan fingerprint density at radius 1 is 1.29 bits per heavy atom. The molecule has 0 spiro atoms. The zero-order chi connectivity index (χ0) is 14.8. The summed E-state index contributed by atoms with van der Waals surface area (Å²) in [5, 5.41) is 9.37. The van der Waals surface area contributed by atoms with Crippen LogP contribution in [0.5, 0.6) is 0 Å². The molecule has 3 rings (SSSR count). The quantitative estimate of drug-likeness (QED) is 0.690. The molecule has 2 heterocycles. The number of hydrogen-bond acceptors (Lipinski definition) is 5. The first kappa shape index (κ1) is 13.2. The molecule has 0 aliphatic carbocycles. The highest BCUT2D eigenvalue weighted by molar-refractivity contribution is 7.15. The molecule has 6 heteroatoms. The Morgan fingerprint density at radius 3 is 2.76 bits per heavy atom. The number of hydrogen-bond donors (Lipinski definition) is 0. The summed E-state index contributed by atoms with van der Waals surface area (Å²) in [4.78, 5) is 22.2. The van der Waals surface area contributed by atoms with Crippen molar-refractivity contribution < 1.29 is 0 Å². The second kappa shape index (κ2) is 5.31. The number of rotatable bonds is 1. The molecule has 3 aromatic rings. The summed E-state index contributed by atoms with van der Waals surface area (Å²) in [6, 6.07) is 12.4. The molecule has 0 aliphatic heterocycles. The topological polar surface area (TPSA) is 71.0 Å². The van der Waals surface area contributed by atoms with Crippen molar-refractivity contribution in [2.24, 2.45) is 12.0 Å². The van der Waals surface area contributed by atoms with Crippen LogP contribution in [0.1, 0.15) is 5.56 Å². The molecule has 1 aromatic carbocycles. The van der Waals surface area contributed by atoms with E-state index in [9.17, 15) is 4.79 Å². The van der Waals surface area contributed by atoms with Crippen LogP contribution in [0, 0.1) is 11.3 Å². The van der Waals surface area contributed by atoms with Gasteiger partial charge in [0.25, 0.3) is 5.56 Å². The maximum Gasteiger partial charge on any atom is 0.262 e. The fourth-order valence-electron chi connectivity index (χ4n) is 1.88. The van der Waals surface area contributed by atoms with E-state index < -0.39 is 0 Å². The number of nitrogens with zero attached hydrogens (tertiary/aromatic N) is 4. The molecule has 0 atom stereocenters. The van der Waals surface area contributed by atoms with Crippen molar-refractivity contribution in [3.63, 3.8) is 0 Å². The molecule has 0 saturated heterocycles. The van der Waals surface area contributed by atoms with E-state index in [1.165, 1.54) is 15.9 Å². The van der Waals surface area contributed by atoms with Gasteiger partial charge in [-0.05, 0) is 36.4 Å². The number of nitriles is 1. The van der Waals surface area contributed by atoms with Gasteiger partial charge in [-0.25, -0.2) is 9.98 Å². The fraction of sp³-hybridized carbons (Fsp3) is 0.0667. The van der Waals surface area contributed by atoms with Crippen LogP contribution in [-0.4, -0.2) is 9.55 Å². The first-order valence-corrected chi connectivity index (χ1v) is 7.00. The van der Waals surface area contributed by atoms with Crippen LogP contribution < -0.4 is 10.4 Å². The van der Waals surface area contributed by atoms with E-state index in [0.29, 0.717) is 26.3 Å². The molecule has 5 nitrogen and oxygen atoms in total. The molecule has 0 amide bonds. The Morgan fingerprint density at radius 2 is 2.05 bits per heavy atom. The lowest BCUT2D eigenvalue weighted by Gasteiger charge is -2.01. The van der Waals surface area contributed by atoms with Gasteiger partial charge in [0, 0.05) is 13.2 Å². The molecule has 102 valence electrons. The molecule has 0 aliphatic rings. The van der Waals surface area contributed by atoms with Gasteiger partial charge < -0.3 is 0 Å². The van der Waals surface area contributed by atoms with Crippen LogP contribution in [0.4, 0.5) is 5.69 Å². The highest BCUT2D eigenvalue weighted by atomic mass is 32.1. The average Bonchev–Trinajstić information content (AvgIpc) is 2.53. The molecule has 0 saturated carbocycles. The van der Waals surface area contributed by atoms with Gasteiger partial charge in [0.05, 0.1) is 22.7 Å². The number of benzene rings is 1. The summed E-state index contributed by atoms with van der Waals surface area (Å²) in [6.45, 7) is 0. The lowest BCUT2D eigenvalue weighted by molar-refractivity contribution is 0.832. The van der Waals surface area contributed by atoms with Crippen molar-refractivity contribution in [2.75, 3.05) is 0 Å². The van der Waals surface area contributed by atoms with Crippen molar-refractivity contribution in [1.29, 1.82) is 5.26 Å². The third-order valence-electron chi connectivity index (χ3n) is 3.00. The van der Waals surface area contributed by atoms with E-state index in [-0.39, 0.29) is 5.56 Å². The molecule has 0 fully saturated rings. The first-order chi connectivity index (χ1) is 10.2. The zero-order valence-electron chi connectivity index (χ0n) is 11.1. The number of pyridine rings is 1. The molecular formula is C15H10N4OS. The van der Waals surface area contributed by atoms with Crippen LogP contribution in [0.25, 0.3) is 10.2 Å². The van der Waals surface area contributed by atoms with Gasteiger partial charge in [0.2, 0.25) is 0 Å². The lowest BCUT2D eigenvalue weighted by atomic mass is 10.2. The van der Waals surface area contributed by atoms with Crippen molar-refractivity contribution >= 4 is 27.2 Å². The SMILES string of the molecule is Cn1c(=Nc2ccc(C#N)cc2)sc2ncccc2c1=O. The molecule has 21 heavy (non-hydrogen) atoms. The van der Waals surface area contributed by atoms with Crippen molar-refractivity contribution in [1.82, 2.24) is 9.55 Å². The molecule has 0 unspecified atom stereocenters. The average molecular weight is 294 g/mol. The van der Waals surface area contributed by atoms with E-state index in [0.717, 1.165) is 0 Å². The fourth-order valence-corrected chi connectivity index (χ4v) is 2.80. The summed E-state index contributed by atoms with van der Waals surface area (Å²) >= 11 is 1.35. The van der Waals surface area contributed by atoms with Crippen LogP contribution in [0.3, 0.4) is 0 Å². The van der Waals surface area contributed by atoms with Crippen molar-refractivity contribution in [2.45, 2.75) is 0 Å². The molecule has 0 bridgehead atoms. The minimum Gasteiger partial charge on any atom is -0.287 e.